The summed E-state index contributed by atoms with van der Waals surface area (Å²) in [4.78, 5) is 0. The summed E-state index contributed by atoms with van der Waals surface area (Å²) >= 11 is 0. The zero-order chi connectivity index (χ0) is 17.3. The zero-order valence-corrected chi connectivity index (χ0v) is 16.7. The molecule has 2 atom stereocenters. The fourth-order valence-electron chi connectivity index (χ4n) is 3.10. The molecule has 2 nitrogen and oxygen atoms in total. The molecule has 2 heteroatoms. The monoisotopic (exact) mass is 328 g/mol. The molecule has 0 aromatic rings. The molecule has 0 saturated heterocycles. The second kappa shape index (κ2) is 16.8. The highest BCUT2D eigenvalue weighted by atomic mass is 16.5. The number of hydrogen-bond acceptors (Lipinski definition) is 2. The second-order valence-corrected chi connectivity index (χ2v) is 7.92. The Morgan fingerprint density at radius 1 is 0.565 bits per heavy atom. The molecule has 0 aromatic heterocycles. The Hall–Kier alpha value is -0.0800. The smallest absolute Gasteiger partial charge is 0.0700 e. The van der Waals surface area contributed by atoms with E-state index in [4.69, 9.17) is 9.47 Å². The summed E-state index contributed by atoms with van der Waals surface area (Å²) in [6.07, 6.45) is 13.8. The predicted octanol–water partition coefficient (Wildman–Crippen LogP) is 6.48. The Balaban J connectivity index is 3.31. The van der Waals surface area contributed by atoms with Crippen molar-refractivity contribution in [3.8, 4) is 0 Å². The normalized spacial score (nSPS) is 14.3. The van der Waals surface area contributed by atoms with Crippen molar-refractivity contribution < 1.29 is 9.47 Å². The van der Waals surface area contributed by atoms with E-state index in [0.717, 1.165) is 31.0 Å². The van der Waals surface area contributed by atoms with Gasteiger partial charge < -0.3 is 9.47 Å². The van der Waals surface area contributed by atoms with E-state index in [1.165, 1.54) is 64.2 Å². The number of unbranched alkanes of at least 4 members (excludes halogenated alkanes) is 2. The highest BCUT2D eigenvalue weighted by molar-refractivity contribution is 4.59. The van der Waals surface area contributed by atoms with Gasteiger partial charge >= 0.3 is 0 Å². The van der Waals surface area contributed by atoms with Crippen LogP contribution in [-0.2, 0) is 9.47 Å². The lowest BCUT2D eigenvalue weighted by atomic mass is 9.92. The Morgan fingerprint density at radius 2 is 1.13 bits per heavy atom. The molecule has 0 fully saturated rings. The molecular weight excluding hydrogens is 284 g/mol. The molecule has 0 bridgehead atoms. The third-order valence-corrected chi connectivity index (χ3v) is 4.79. The van der Waals surface area contributed by atoms with E-state index < -0.39 is 0 Å². The summed E-state index contributed by atoms with van der Waals surface area (Å²) in [5.74, 6) is 2.69. The summed E-state index contributed by atoms with van der Waals surface area (Å²) in [7, 11) is 1.72. The molecule has 0 spiro atoms. The first-order valence-corrected chi connectivity index (χ1v) is 10.1. The van der Waals surface area contributed by atoms with Crippen molar-refractivity contribution in [2.45, 2.75) is 91.9 Å². The van der Waals surface area contributed by atoms with E-state index in [9.17, 15) is 0 Å². The van der Waals surface area contributed by atoms with Gasteiger partial charge in [0.25, 0.3) is 0 Å². The minimum Gasteiger partial charge on any atom is -0.382 e. The van der Waals surface area contributed by atoms with Crippen LogP contribution in [0, 0.1) is 17.8 Å². The lowest BCUT2D eigenvalue weighted by Crippen LogP contribution is -2.03. The minimum absolute atomic E-state index is 0.715. The Bertz CT molecular complexity index is 228. The molecule has 2 unspecified atom stereocenters. The molecule has 0 heterocycles. The average Bonchev–Trinajstić information content (AvgIpc) is 2.49. The maximum atomic E-state index is 5.49. The highest BCUT2D eigenvalue weighted by Crippen LogP contribution is 2.21. The van der Waals surface area contributed by atoms with Crippen molar-refractivity contribution in [2.75, 3.05) is 26.9 Å². The van der Waals surface area contributed by atoms with E-state index in [-0.39, 0.29) is 0 Å². The van der Waals surface area contributed by atoms with Gasteiger partial charge in [-0.1, -0.05) is 85.5 Å². The van der Waals surface area contributed by atoms with Crippen LogP contribution in [-0.4, -0.2) is 26.9 Å². The highest BCUT2D eigenvalue weighted by Gasteiger charge is 2.06. The van der Waals surface area contributed by atoms with Crippen molar-refractivity contribution in [2.24, 2.45) is 17.8 Å². The van der Waals surface area contributed by atoms with Crippen molar-refractivity contribution in [1.29, 1.82) is 0 Å². The van der Waals surface area contributed by atoms with Crippen LogP contribution in [0.1, 0.15) is 91.9 Å². The summed E-state index contributed by atoms with van der Waals surface area (Å²) in [6, 6.07) is 0. The molecule has 140 valence electrons. The van der Waals surface area contributed by atoms with Gasteiger partial charge in [-0.2, -0.15) is 0 Å². The van der Waals surface area contributed by atoms with E-state index in [2.05, 4.69) is 27.7 Å². The topological polar surface area (TPSA) is 18.5 Å². The maximum absolute atomic E-state index is 5.49. The molecule has 0 aliphatic heterocycles. The first-order chi connectivity index (χ1) is 11.1. The van der Waals surface area contributed by atoms with Gasteiger partial charge in [-0.25, -0.2) is 0 Å². The molecule has 0 radical (unpaired) electrons. The fraction of sp³-hybridized carbons (Fsp3) is 1.00. The number of methoxy groups -OCH3 is 1. The van der Waals surface area contributed by atoms with Crippen molar-refractivity contribution in [3.63, 3.8) is 0 Å². The maximum Gasteiger partial charge on any atom is 0.0700 e. The SMILES string of the molecule is COCCOCCCCCC(C)CCCC(C)CCCC(C)C. The largest absolute Gasteiger partial charge is 0.382 e. The molecule has 0 aliphatic rings. The molecule has 0 rings (SSSR count). The molecule has 23 heavy (non-hydrogen) atoms. The van der Waals surface area contributed by atoms with E-state index in [1.807, 2.05) is 0 Å². The number of ether oxygens (including phenoxy) is 2. The van der Waals surface area contributed by atoms with Crippen LogP contribution in [0.3, 0.4) is 0 Å². The van der Waals surface area contributed by atoms with E-state index in [1.54, 1.807) is 7.11 Å². The molecule has 0 N–H and O–H groups in total. The molecular formula is C21H44O2. The van der Waals surface area contributed by atoms with Crippen molar-refractivity contribution in [1.82, 2.24) is 0 Å². The van der Waals surface area contributed by atoms with Gasteiger partial charge in [0.05, 0.1) is 13.2 Å². The first kappa shape index (κ1) is 22.9. The van der Waals surface area contributed by atoms with Gasteiger partial charge in [-0.05, 0) is 24.2 Å². The summed E-state index contributed by atoms with van der Waals surface area (Å²) in [6.45, 7) is 11.9. The van der Waals surface area contributed by atoms with Crippen LogP contribution in [0.25, 0.3) is 0 Å². The van der Waals surface area contributed by atoms with Crippen molar-refractivity contribution >= 4 is 0 Å². The van der Waals surface area contributed by atoms with Gasteiger partial charge in [0.2, 0.25) is 0 Å². The standard InChI is InChI=1S/C21H44O2/c1-19(2)11-9-13-21(4)15-10-14-20(3)12-7-6-8-16-23-18-17-22-5/h19-21H,6-18H2,1-5H3. The lowest BCUT2D eigenvalue weighted by molar-refractivity contribution is 0.0684. The Kier molecular flexibility index (Phi) is 16.7. The first-order valence-electron chi connectivity index (χ1n) is 10.1. The summed E-state index contributed by atoms with van der Waals surface area (Å²) in [5.41, 5.74) is 0. The van der Waals surface area contributed by atoms with Gasteiger partial charge in [0.15, 0.2) is 0 Å². The van der Waals surface area contributed by atoms with E-state index in [0.29, 0.717) is 6.61 Å². The van der Waals surface area contributed by atoms with E-state index >= 15 is 0 Å². The average molecular weight is 329 g/mol. The summed E-state index contributed by atoms with van der Waals surface area (Å²) in [5, 5.41) is 0. The third-order valence-electron chi connectivity index (χ3n) is 4.79. The zero-order valence-electron chi connectivity index (χ0n) is 16.7. The minimum atomic E-state index is 0.715. The number of rotatable bonds is 17. The third kappa shape index (κ3) is 18.1. The Labute approximate surface area is 146 Å². The van der Waals surface area contributed by atoms with Crippen molar-refractivity contribution in [3.05, 3.63) is 0 Å². The van der Waals surface area contributed by atoms with Gasteiger partial charge in [-0.3, -0.25) is 0 Å². The number of hydrogen-bond donors (Lipinski definition) is 0. The Morgan fingerprint density at radius 3 is 1.70 bits per heavy atom. The molecule has 0 amide bonds. The van der Waals surface area contributed by atoms with Crippen LogP contribution in [0.15, 0.2) is 0 Å². The molecule has 0 saturated carbocycles. The lowest BCUT2D eigenvalue weighted by Gasteiger charge is -2.15. The molecule has 0 aliphatic carbocycles. The fourth-order valence-corrected chi connectivity index (χ4v) is 3.10. The molecule has 0 aromatic carbocycles. The van der Waals surface area contributed by atoms with Gasteiger partial charge in [0, 0.05) is 13.7 Å². The second-order valence-electron chi connectivity index (χ2n) is 7.92. The van der Waals surface area contributed by atoms with Crippen LogP contribution >= 0.6 is 0 Å². The van der Waals surface area contributed by atoms with Gasteiger partial charge in [-0.15, -0.1) is 0 Å². The van der Waals surface area contributed by atoms with Crippen LogP contribution in [0.4, 0.5) is 0 Å². The van der Waals surface area contributed by atoms with Crippen LogP contribution < -0.4 is 0 Å². The quantitative estimate of drug-likeness (QED) is 0.284. The van der Waals surface area contributed by atoms with Gasteiger partial charge in [0.1, 0.15) is 0 Å². The van der Waals surface area contributed by atoms with Crippen LogP contribution in [0.2, 0.25) is 0 Å². The summed E-state index contributed by atoms with van der Waals surface area (Å²) < 4.78 is 10.5. The van der Waals surface area contributed by atoms with Crippen LogP contribution in [0.5, 0.6) is 0 Å². The predicted molar refractivity (Wildman–Crippen MR) is 102 cm³/mol.